The van der Waals surface area contributed by atoms with E-state index in [0.717, 1.165) is 70.0 Å². The maximum Gasteiger partial charge on any atom is 0.120 e. The summed E-state index contributed by atoms with van der Waals surface area (Å²) in [7, 11) is 2.14. The number of aromatic hydroxyl groups is 1. The number of rotatable bonds is 10. The topological polar surface area (TPSA) is 45.2 Å². The second kappa shape index (κ2) is 11.2. The summed E-state index contributed by atoms with van der Waals surface area (Å²) in [5.41, 5.74) is 2.38. The number of benzene rings is 2. The molecule has 5 nitrogen and oxygen atoms in total. The molecular weight excluding hydrogens is 400 g/mol. The third kappa shape index (κ3) is 6.03. The van der Waals surface area contributed by atoms with Crippen LogP contribution in [0.4, 0.5) is 0 Å². The van der Waals surface area contributed by atoms with Gasteiger partial charge in [0, 0.05) is 43.8 Å². The molecule has 2 saturated heterocycles. The average Bonchev–Trinajstić information content (AvgIpc) is 3.33. The summed E-state index contributed by atoms with van der Waals surface area (Å²) in [6.07, 6.45) is 5.79. The molecule has 32 heavy (non-hydrogen) atoms. The minimum Gasteiger partial charge on any atom is -0.508 e. The summed E-state index contributed by atoms with van der Waals surface area (Å²) in [6.45, 7) is 7.66. The van der Waals surface area contributed by atoms with Crippen molar-refractivity contribution in [3.05, 3.63) is 59.7 Å². The lowest BCUT2D eigenvalue weighted by atomic mass is 9.73. The van der Waals surface area contributed by atoms with Crippen molar-refractivity contribution in [3.8, 4) is 11.5 Å². The summed E-state index contributed by atoms with van der Waals surface area (Å²) in [4.78, 5) is 4.86. The quantitative estimate of drug-likeness (QED) is 0.556. The van der Waals surface area contributed by atoms with Gasteiger partial charge in [-0.25, -0.2) is 0 Å². The maximum absolute atomic E-state index is 10.2. The lowest BCUT2D eigenvalue weighted by Gasteiger charge is -2.40. The Morgan fingerprint density at radius 2 is 1.75 bits per heavy atom. The monoisotopic (exact) mass is 438 g/mol. The van der Waals surface area contributed by atoms with Gasteiger partial charge in [0.1, 0.15) is 11.5 Å². The van der Waals surface area contributed by atoms with Crippen molar-refractivity contribution in [1.29, 1.82) is 0 Å². The van der Waals surface area contributed by atoms with Crippen molar-refractivity contribution >= 4 is 0 Å². The summed E-state index contributed by atoms with van der Waals surface area (Å²) >= 11 is 0. The zero-order chi connectivity index (χ0) is 22.2. The zero-order valence-electron chi connectivity index (χ0n) is 19.5. The van der Waals surface area contributed by atoms with Gasteiger partial charge in [-0.05, 0) is 76.0 Å². The normalized spacial score (nSPS) is 18.8. The minimum atomic E-state index is 0.0612. The van der Waals surface area contributed by atoms with E-state index in [1.165, 1.54) is 31.5 Å². The van der Waals surface area contributed by atoms with Gasteiger partial charge in [-0.3, -0.25) is 0 Å². The van der Waals surface area contributed by atoms with Crippen LogP contribution in [0, 0.1) is 0 Å². The summed E-state index contributed by atoms with van der Waals surface area (Å²) in [5, 5.41) is 10.2. The molecule has 0 bridgehead atoms. The molecule has 0 radical (unpaired) electrons. The molecule has 4 rings (SSSR count). The smallest absolute Gasteiger partial charge is 0.120 e. The Labute approximate surface area is 192 Å². The molecule has 5 heteroatoms. The molecular formula is C27H38N2O3. The van der Waals surface area contributed by atoms with Crippen molar-refractivity contribution in [2.45, 2.75) is 44.1 Å². The second-order valence-electron chi connectivity index (χ2n) is 9.47. The van der Waals surface area contributed by atoms with Gasteiger partial charge in [0.15, 0.2) is 0 Å². The highest BCUT2D eigenvalue weighted by Gasteiger charge is 2.35. The minimum absolute atomic E-state index is 0.0612. The van der Waals surface area contributed by atoms with Gasteiger partial charge in [-0.2, -0.15) is 0 Å². The van der Waals surface area contributed by atoms with E-state index >= 15 is 0 Å². The van der Waals surface area contributed by atoms with Crippen LogP contribution in [0.3, 0.4) is 0 Å². The summed E-state index contributed by atoms with van der Waals surface area (Å²) in [5.74, 6) is 1.33. The van der Waals surface area contributed by atoms with Crippen LogP contribution >= 0.6 is 0 Å². The van der Waals surface area contributed by atoms with Crippen LogP contribution in [0.5, 0.6) is 11.5 Å². The molecule has 2 aromatic rings. The molecule has 2 aliphatic heterocycles. The van der Waals surface area contributed by atoms with Crippen LogP contribution in [0.25, 0.3) is 0 Å². The number of phenols is 1. The lowest BCUT2D eigenvalue weighted by Crippen LogP contribution is -2.43. The number of hydrogen-bond acceptors (Lipinski definition) is 5. The first kappa shape index (κ1) is 23.1. The fraction of sp³-hybridized carbons (Fsp3) is 0.556. The van der Waals surface area contributed by atoms with E-state index in [9.17, 15) is 5.11 Å². The first-order chi connectivity index (χ1) is 15.6. The number of likely N-dealkylation sites (tertiary alicyclic amines) is 1. The zero-order valence-corrected chi connectivity index (χ0v) is 19.5. The molecule has 0 spiro atoms. The molecule has 174 valence electrons. The van der Waals surface area contributed by atoms with Crippen molar-refractivity contribution in [2.75, 3.05) is 53.0 Å². The van der Waals surface area contributed by atoms with Crippen molar-refractivity contribution < 1.29 is 14.6 Å². The van der Waals surface area contributed by atoms with Gasteiger partial charge in [0.2, 0.25) is 0 Å². The molecule has 2 heterocycles. The SMILES string of the molecule is CN(Cc1ccccc1O)CC1(c2ccc(OCCCN3CCCC3)cc2)CCOCC1. The van der Waals surface area contributed by atoms with Gasteiger partial charge < -0.3 is 24.4 Å². The molecule has 0 amide bonds. The van der Waals surface area contributed by atoms with Crippen LogP contribution in [-0.2, 0) is 16.7 Å². The Balaban J connectivity index is 1.35. The van der Waals surface area contributed by atoms with Gasteiger partial charge >= 0.3 is 0 Å². The first-order valence-electron chi connectivity index (χ1n) is 12.1. The van der Waals surface area contributed by atoms with Crippen LogP contribution in [-0.4, -0.2) is 68.0 Å². The number of likely N-dealkylation sites (N-methyl/N-ethyl adjacent to an activating group) is 1. The van der Waals surface area contributed by atoms with E-state index < -0.39 is 0 Å². The second-order valence-corrected chi connectivity index (χ2v) is 9.47. The Bertz CT molecular complexity index is 827. The van der Waals surface area contributed by atoms with E-state index in [-0.39, 0.29) is 5.41 Å². The number of nitrogens with zero attached hydrogens (tertiary/aromatic N) is 2. The Kier molecular flexibility index (Phi) is 8.06. The number of ether oxygens (including phenoxy) is 2. The van der Waals surface area contributed by atoms with E-state index in [1.807, 2.05) is 18.2 Å². The highest BCUT2D eigenvalue weighted by molar-refractivity contribution is 5.34. The summed E-state index contributed by atoms with van der Waals surface area (Å²) in [6, 6.07) is 16.4. The highest BCUT2D eigenvalue weighted by Crippen LogP contribution is 2.37. The number of phenolic OH excluding ortho intramolecular Hbond substituents is 1. The van der Waals surface area contributed by atoms with Gasteiger partial charge in [0.05, 0.1) is 6.61 Å². The fourth-order valence-electron chi connectivity index (χ4n) is 5.20. The van der Waals surface area contributed by atoms with Crippen LogP contribution in [0.15, 0.2) is 48.5 Å². The largest absolute Gasteiger partial charge is 0.508 e. The Morgan fingerprint density at radius 1 is 1.03 bits per heavy atom. The number of hydrogen-bond donors (Lipinski definition) is 1. The predicted octanol–water partition coefficient (Wildman–Crippen LogP) is 4.44. The predicted molar refractivity (Wildman–Crippen MR) is 128 cm³/mol. The fourth-order valence-corrected chi connectivity index (χ4v) is 5.20. The Hall–Kier alpha value is -2.08. The van der Waals surface area contributed by atoms with Crippen LogP contribution in [0.2, 0.25) is 0 Å². The maximum atomic E-state index is 10.2. The van der Waals surface area contributed by atoms with Crippen LogP contribution < -0.4 is 4.74 Å². The summed E-state index contributed by atoms with van der Waals surface area (Å²) < 4.78 is 11.7. The average molecular weight is 439 g/mol. The van der Waals surface area contributed by atoms with Crippen LogP contribution in [0.1, 0.15) is 43.2 Å². The molecule has 0 saturated carbocycles. The molecule has 1 N–H and O–H groups in total. The third-order valence-corrected chi connectivity index (χ3v) is 7.01. The van der Waals surface area contributed by atoms with E-state index in [2.05, 4.69) is 41.1 Å². The third-order valence-electron chi connectivity index (χ3n) is 7.01. The van der Waals surface area contributed by atoms with E-state index in [0.29, 0.717) is 5.75 Å². The van der Waals surface area contributed by atoms with Crippen molar-refractivity contribution in [2.24, 2.45) is 0 Å². The van der Waals surface area contributed by atoms with Gasteiger partial charge in [0.25, 0.3) is 0 Å². The molecule has 0 aromatic heterocycles. The molecule has 0 aliphatic carbocycles. The lowest BCUT2D eigenvalue weighted by molar-refractivity contribution is 0.0363. The Morgan fingerprint density at radius 3 is 2.47 bits per heavy atom. The van der Waals surface area contributed by atoms with Gasteiger partial charge in [-0.15, -0.1) is 0 Å². The van der Waals surface area contributed by atoms with Crippen molar-refractivity contribution in [1.82, 2.24) is 9.80 Å². The molecule has 2 fully saturated rings. The first-order valence-corrected chi connectivity index (χ1v) is 12.1. The molecule has 2 aliphatic rings. The standard InChI is InChI=1S/C27H38N2O3/c1-28(21-23-7-2-3-8-26(23)30)22-27(13-19-31-20-14-27)24-9-11-25(12-10-24)32-18-6-17-29-15-4-5-16-29/h2-3,7-12,30H,4-6,13-22H2,1H3. The molecule has 0 unspecified atom stereocenters. The van der Waals surface area contributed by atoms with E-state index in [4.69, 9.17) is 9.47 Å². The van der Waals surface area contributed by atoms with Crippen molar-refractivity contribution in [3.63, 3.8) is 0 Å². The van der Waals surface area contributed by atoms with E-state index in [1.54, 1.807) is 6.07 Å². The highest BCUT2D eigenvalue weighted by atomic mass is 16.5. The number of para-hydroxylation sites is 1. The van der Waals surface area contributed by atoms with Gasteiger partial charge in [-0.1, -0.05) is 30.3 Å². The molecule has 2 aromatic carbocycles. The molecule has 0 atom stereocenters.